The van der Waals surface area contributed by atoms with Gasteiger partial charge in [-0.25, -0.2) is 0 Å². The van der Waals surface area contributed by atoms with E-state index in [1.165, 1.54) is 0 Å². The monoisotopic (exact) mass is 328 g/mol. The fourth-order valence-electron chi connectivity index (χ4n) is 2.23. The first-order chi connectivity index (χ1) is 8.99. The van der Waals surface area contributed by atoms with Crippen LogP contribution in [-0.4, -0.2) is 11.0 Å². The molecule has 0 heterocycles. The van der Waals surface area contributed by atoms with Gasteiger partial charge in [-0.05, 0) is 24.5 Å². The van der Waals surface area contributed by atoms with Crippen LogP contribution in [-0.2, 0) is 6.54 Å². The van der Waals surface area contributed by atoms with E-state index >= 15 is 0 Å². The standard InChI is InChI=1S/C14H21BrN2O2/c1-4-11(5-2)10(3)16-9-12-6-7-13(17(18)19)8-14(12)15/h6-8,10-11,16H,4-5,9H2,1-3H3. The quantitative estimate of drug-likeness (QED) is 0.600. The van der Waals surface area contributed by atoms with Crippen LogP contribution >= 0.6 is 15.9 Å². The Morgan fingerprint density at radius 2 is 2.00 bits per heavy atom. The Hall–Kier alpha value is -0.940. The average molecular weight is 329 g/mol. The lowest BCUT2D eigenvalue weighted by molar-refractivity contribution is -0.384. The number of nitrogens with one attached hydrogen (secondary N) is 1. The molecule has 106 valence electrons. The predicted molar refractivity (Wildman–Crippen MR) is 81.2 cm³/mol. The zero-order valence-electron chi connectivity index (χ0n) is 11.6. The lowest BCUT2D eigenvalue weighted by Gasteiger charge is -2.22. The molecule has 0 fully saturated rings. The average Bonchev–Trinajstić information content (AvgIpc) is 2.38. The van der Waals surface area contributed by atoms with Crippen LogP contribution < -0.4 is 5.32 Å². The molecule has 0 radical (unpaired) electrons. The van der Waals surface area contributed by atoms with Gasteiger partial charge in [0, 0.05) is 29.2 Å². The normalized spacial score (nSPS) is 12.7. The van der Waals surface area contributed by atoms with Gasteiger partial charge in [0.25, 0.3) is 5.69 Å². The molecule has 0 aromatic heterocycles. The zero-order valence-corrected chi connectivity index (χ0v) is 13.2. The van der Waals surface area contributed by atoms with Crippen LogP contribution in [0.25, 0.3) is 0 Å². The summed E-state index contributed by atoms with van der Waals surface area (Å²) in [5, 5.41) is 14.2. The summed E-state index contributed by atoms with van der Waals surface area (Å²) in [4.78, 5) is 10.3. The minimum atomic E-state index is -0.380. The Bertz CT molecular complexity index is 433. The number of nitrogens with zero attached hydrogens (tertiary/aromatic N) is 1. The van der Waals surface area contributed by atoms with E-state index in [-0.39, 0.29) is 10.6 Å². The van der Waals surface area contributed by atoms with Crippen molar-refractivity contribution in [1.29, 1.82) is 0 Å². The van der Waals surface area contributed by atoms with Crippen molar-refractivity contribution in [3.63, 3.8) is 0 Å². The van der Waals surface area contributed by atoms with Gasteiger partial charge in [-0.1, -0.05) is 42.6 Å². The molecule has 1 unspecified atom stereocenters. The lowest BCUT2D eigenvalue weighted by Crippen LogP contribution is -2.32. The number of hydrogen-bond acceptors (Lipinski definition) is 3. The maximum atomic E-state index is 10.7. The first-order valence-electron chi connectivity index (χ1n) is 6.65. The highest BCUT2D eigenvalue weighted by molar-refractivity contribution is 9.10. The highest BCUT2D eigenvalue weighted by atomic mass is 79.9. The Kier molecular flexibility index (Phi) is 6.45. The van der Waals surface area contributed by atoms with E-state index in [1.54, 1.807) is 18.2 Å². The van der Waals surface area contributed by atoms with Gasteiger partial charge < -0.3 is 5.32 Å². The van der Waals surface area contributed by atoms with E-state index in [0.717, 1.165) is 29.4 Å². The third kappa shape index (κ3) is 4.58. The SMILES string of the molecule is CCC(CC)C(C)NCc1ccc([N+](=O)[O-])cc1Br. The third-order valence-electron chi connectivity index (χ3n) is 3.62. The summed E-state index contributed by atoms with van der Waals surface area (Å²) in [6.07, 6.45) is 2.32. The Balaban J connectivity index is 2.65. The topological polar surface area (TPSA) is 55.2 Å². The van der Waals surface area contributed by atoms with E-state index in [1.807, 2.05) is 0 Å². The Morgan fingerprint density at radius 1 is 1.37 bits per heavy atom. The fourth-order valence-corrected chi connectivity index (χ4v) is 2.73. The van der Waals surface area contributed by atoms with Gasteiger partial charge in [-0.3, -0.25) is 10.1 Å². The molecule has 0 saturated carbocycles. The van der Waals surface area contributed by atoms with Gasteiger partial charge in [0.15, 0.2) is 0 Å². The van der Waals surface area contributed by atoms with Crippen LogP contribution in [0.15, 0.2) is 22.7 Å². The number of non-ortho nitro benzene ring substituents is 1. The van der Waals surface area contributed by atoms with Crippen LogP contribution in [0.2, 0.25) is 0 Å². The van der Waals surface area contributed by atoms with Crippen molar-refractivity contribution in [3.8, 4) is 0 Å². The second kappa shape index (κ2) is 7.60. The maximum Gasteiger partial charge on any atom is 0.270 e. The van der Waals surface area contributed by atoms with Crippen LogP contribution in [0.1, 0.15) is 39.2 Å². The first kappa shape index (κ1) is 16.1. The molecular formula is C14H21BrN2O2. The molecule has 0 amide bonds. The van der Waals surface area contributed by atoms with E-state index in [0.29, 0.717) is 12.0 Å². The summed E-state index contributed by atoms with van der Waals surface area (Å²) in [5.41, 5.74) is 1.16. The summed E-state index contributed by atoms with van der Waals surface area (Å²) >= 11 is 3.39. The fraction of sp³-hybridized carbons (Fsp3) is 0.571. The van der Waals surface area contributed by atoms with Crippen LogP contribution in [0, 0.1) is 16.0 Å². The van der Waals surface area contributed by atoms with Gasteiger partial charge in [0.1, 0.15) is 0 Å². The highest BCUT2D eigenvalue weighted by Crippen LogP contribution is 2.23. The number of halogens is 1. The van der Waals surface area contributed by atoms with Crippen LogP contribution in [0.5, 0.6) is 0 Å². The minimum absolute atomic E-state index is 0.115. The molecule has 0 saturated heterocycles. The Labute approximate surface area is 122 Å². The number of rotatable bonds is 7. The first-order valence-corrected chi connectivity index (χ1v) is 7.45. The van der Waals surface area contributed by atoms with E-state index in [2.05, 4.69) is 42.0 Å². The molecule has 19 heavy (non-hydrogen) atoms. The molecule has 1 aromatic rings. The molecule has 0 bridgehead atoms. The molecule has 4 nitrogen and oxygen atoms in total. The number of hydrogen-bond donors (Lipinski definition) is 1. The summed E-state index contributed by atoms with van der Waals surface area (Å²) in [5.74, 6) is 0.664. The minimum Gasteiger partial charge on any atom is -0.310 e. The largest absolute Gasteiger partial charge is 0.310 e. The molecule has 0 aliphatic carbocycles. The smallest absolute Gasteiger partial charge is 0.270 e. The molecule has 1 N–H and O–H groups in total. The van der Waals surface area contributed by atoms with Gasteiger partial charge in [0.05, 0.1) is 4.92 Å². The van der Waals surface area contributed by atoms with Gasteiger partial charge >= 0.3 is 0 Å². The van der Waals surface area contributed by atoms with Gasteiger partial charge in [-0.15, -0.1) is 0 Å². The molecule has 0 spiro atoms. The van der Waals surface area contributed by atoms with Crippen molar-refractivity contribution in [2.24, 2.45) is 5.92 Å². The molecule has 1 atom stereocenters. The second-order valence-corrected chi connectivity index (χ2v) is 5.63. The molecule has 1 rings (SSSR count). The Morgan fingerprint density at radius 3 is 2.47 bits per heavy atom. The van der Waals surface area contributed by atoms with Crippen molar-refractivity contribution in [2.75, 3.05) is 0 Å². The predicted octanol–water partition coefficient (Wildman–Crippen LogP) is 4.27. The molecule has 0 aliphatic heterocycles. The lowest BCUT2D eigenvalue weighted by atomic mass is 9.95. The van der Waals surface area contributed by atoms with Gasteiger partial charge in [0.2, 0.25) is 0 Å². The highest BCUT2D eigenvalue weighted by Gasteiger charge is 2.14. The molecule has 0 aliphatic rings. The maximum absolute atomic E-state index is 10.7. The molecular weight excluding hydrogens is 308 g/mol. The summed E-state index contributed by atoms with van der Waals surface area (Å²) < 4.78 is 0.783. The van der Waals surface area contributed by atoms with Gasteiger partial charge in [-0.2, -0.15) is 0 Å². The van der Waals surface area contributed by atoms with Crippen molar-refractivity contribution in [3.05, 3.63) is 38.3 Å². The van der Waals surface area contributed by atoms with Crippen molar-refractivity contribution in [2.45, 2.75) is 46.2 Å². The van der Waals surface area contributed by atoms with E-state index in [9.17, 15) is 10.1 Å². The van der Waals surface area contributed by atoms with Crippen molar-refractivity contribution >= 4 is 21.6 Å². The number of nitro benzene ring substituents is 1. The van der Waals surface area contributed by atoms with Crippen molar-refractivity contribution in [1.82, 2.24) is 5.32 Å². The van der Waals surface area contributed by atoms with E-state index < -0.39 is 0 Å². The number of benzene rings is 1. The molecule has 5 heteroatoms. The zero-order chi connectivity index (χ0) is 14.4. The molecule has 1 aromatic carbocycles. The van der Waals surface area contributed by atoms with Crippen LogP contribution in [0.3, 0.4) is 0 Å². The summed E-state index contributed by atoms with van der Waals surface area (Å²) in [6.45, 7) is 7.31. The third-order valence-corrected chi connectivity index (χ3v) is 4.36. The van der Waals surface area contributed by atoms with Crippen molar-refractivity contribution < 1.29 is 4.92 Å². The van der Waals surface area contributed by atoms with Crippen LogP contribution in [0.4, 0.5) is 5.69 Å². The van der Waals surface area contributed by atoms with E-state index in [4.69, 9.17) is 0 Å². The summed E-state index contributed by atoms with van der Waals surface area (Å²) in [7, 11) is 0. The second-order valence-electron chi connectivity index (χ2n) is 4.78. The number of nitro groups is 1. The summed E-state index contributed by atoms with van der Waals surface area (Å²) in [6, 6.07) is 5.34.